The predicted octanol–water partition coefficient (Wildman–Crippen LogP) is 22.3. The van der Waals surface area contributed by atoms with Crippen LogP contribution in [0.3, 0.4) is 0 Å². The topological polar surface area (TPSA) is 237 Å². The first-order valence-corrected chi connectivity index (χ1v) is 42.5. The van der Waals surface area contributed by atoms with E-state index in [-0.39, 0.29) is 25.7 Å². The minimum Gasteiger partial charge on any atom is -0.462 e. The van der Waals surface area contributed by atoms with Crippen LogP contribution in [0.25, 0.3) is 0 Å². The van der Waals surface area contributed by atoms with Crippen LogP contribution in [0, 0.1) is 11.8 Å². The van der Waals surface area contributed by atoms with E-state index in [9.17, 15) is 43.2 Å². The SMILES string of the molecule is CCCCCCCCCCCCC(=O)O[C@H](COC(=O)CCCCCCCCCC)COP(=O)(O)OC[C@H](O)COP(=O)(O)OC[C@@H](COC(=O)CCCCCCCCCCCCCCC(C)C)OC(=O)CCCCCCCCCCCCCCCCCCCCC(C)CC. The lowest BCUT2D eigenvalue weighted by Crippen LogP contribution is -2.30. The Bertz CT molecular complexity index is 1840. The number of phosphoric acid groups is 2. The van der Waals surface area contributed by atoms with Crippen molar-refractivity contribution in [2.24, 2.45) is 11.8 Å². The number of hydrogen-bond acceptors (Lipinski definition) is 15. The molecule has 0 heterocycles. The van der Waals surface area contributed by atoms with Crippen LogP contribution >= 0.6 is 15.6 Å². The molecule has 0 saturated heterocycles. The average Bonchev–Trinajstić information content (AvgIpc) is 1.90. The minimum absolute atomic E-state index is 0.106. The first kappa shape index (κ1) is 93.1. The van der Waals surface area contributed by atoms with Crippen LogP contribution < -0.4 is 0 Å². The van der Waals surface area contributed by atoms with E-state index in [1.54, 1.807) is 0 Å². The Morgan fingerprint density at radius 2 is 0.537 bits per heavy atom. The normalized spacial score (nSPS) is 14.3. The molecule has 0 spiro atoms. The van der Waals surface area contributed by atoms with Gasteiger partial charge < -0.3 is 33.8 Å². The molecule has 0 aromatic rings. The van der Waals surface area contributed by atoms with E-state index in [0.717, 1.165) is 108 Å². The summed E-state index contributed by atoms with van der Waals surface area (Å²) in [5.41, 5.74) is 0. The van der Waals surface area contributed by atoms with Gasteiger partial charge in [-0.25, -0.2) is 9.13 Å². The Balaban J connectivity index is 5.16. The minimum atomic E-state index is -4.96. The van der Waals surface area contributed by atoms with Gasteiger partial charge in [-0.2, -0.15) is 0 Å². The van der Waals surface area contributed by atoms with Gasteiger partial charge in [0.05, 0.1) is 26.4 Å². The van der Waals surface area contributed by atoms with Gasteiger partial charge in [0.25, 0.3) is 0 Å². The lowest BCUT2D eigenvalue weighted by atomic mass is 9.99. The van der Waals surface area contributed by atoms with Crippen molar-refractivity contribution < 1.29 is 80.2 Å². The lowest BCUT2D eigenvalue weighted by Gasteiger charge is -2.21. The van der Waals surface area contributed by atoms with Gasteiger partial charge in [0.15, 0.2) is 12.2 Å². The van der Waals surface area contributed by atoms with E-state index in [0.29, 0.717) is 25.7 Å². The Morgan fingerprint density at radius 1 is 0.305 bits per heavy atom. The van der Waals surface area contributed by atoms with Gasteiger partial charge >= 0.3 is 39.5 Å². The van der Waals surface area contributed by atoms with Gasteiger partial charge in [-0.05, 0) is 37.5 Å². The summed E-state index contributed by atoms with van der Waals surface area (Å²) in [4.78, 5) is 72.6. The van der Waals surface area contributed by atoms with Crippen LogP contribution in [-0.4, -0.2) is 96.7 Å². The molecule has 17 nitrogen and oxygen atoms in total. The molecular weight excluding hydrogens is 1250 g/mol. The molecule has 0 aromatic carbocycles. The largest absolute Gasteiger partial charge is 0.472 e. The predicted molar refractivity (Wildman–Crippen MR) is 386 cm³/mol. The molecule has 0 aliphatic carbocycles. The van der Waals surface area contributed by atoms with Crippen molar-refractivity contribution in [3.63, 3.8) is 0 Å². The van der Waals surface area contributed by atoms with Gasteiger partial charge in [-0.15, -0.1) is 0 Å². The van der Waals surface area contributed by atoms with Crippen molar-refractivity contribution in [1.29, 1.82) is 0 Å². The zero-order valence-corrected chi connectivity index (χ0v) is 63.8. The monoisotopic (exact) mass is 1400 g/mol. The summed E-state index contributed by atoms with van der Waals surface area (Å²) in [6.45, 7) is 9.64. The third-order valence-electron chi connectivity index (χ3n) is 18.1. The van der Waals surface area contributed by atoms with Crippen molar-refractivity contribution in [2.45, 2.75) is 413 Å². The van der Waals surface area contributed by atoms with Crippen LogP contribution in [-0.2, 0) is 65.4 Å². The van der Waals surface area contributed by atoms with E-state index in [4.69, 9.17) is 37.0 Å². The van der Waals surface area contributed by atoms with Gasteiger partial charge in [0.1, 0.15) is 19.3 Å². The van der Waals surface area contributed by atoms with Gasteiger partial charge in [0, 0.05) is 25.7 Å². The summed E-state index contributed by atoms with van der Waals surface area (Å²) in [6.07, 6.45) is 55.6. The fourth-order valence-corrected chi connectivity index (χ4v) is 13.2. The van der Waals surface area contributed by atoms with E-state index < -0.39 is 97.5 Å². The third-order valence-corrected chi connectivity index (χ3v) is 20.0. The van der Waals surface area contributed by atoms with Gasteiger partial charge in [-0.1, -0.05) is 343 Å². The Morgan fingerprint density at radius 3 is 0.800 bits per heavy atom. The molecule has 0 fully saturated rings. The smallest absolute Gasteiger partial charge is 0.462 e. The summed E-state index contributed by atoms with van der Waals surface area (Å²) in [5.74, 6) is -0.466. The standard InChI is InChI=1S/C76H148O17P2/c1-7-10-12-14-16-18-35-42-48-54-60-75(80)92-71(64-86-73(78)58-52-46-40-17-15-13-11-8-2)66-90-94(82,83)88-62-70(77)63-89-95(84,85)91-67-72(65-87-74(79)59-53-47-41-36-31-28-27-29-33-38-44-50-56-68(4)5)93-76(81)61-55-49-43-37-32-26-24-22-20-19-21-23-25-30-34-39-45-51-57-69(6)9-3/h68-72,77H,7-67H2,1-6H3,(H,82,83)(H,84,85)/t69?,70-,71+,72+/m0/s1. The molecule has 0 aliphatic heterocycles. The van der Waals surface area contributed by atoms with E-state index in [1.165, 1.54) is 205 Å². The molecular formula is C76H148O17P2. The molecule has 0 aromatic heterocycles. The van der Waals surface area contributed by atoms with Crippen LogP contribution in [0.2, 0.25) is 0 Å². The Labute approximate surface area is 581 Å². The molecule has 0 saturated carbocycles. The van der Waals surface area contributed by atoms with E-state index >= 15 is 0 Å². The molecule has 564 valence electrons. The lowest BCUT2D eigenvalue weighted by molar-refractivity contribution is -0.161. The maximum absolute atomic E-state index is 13.1. The zero-order valence-electron chi connectivity index (χ0n) is 62.0. The highest BCUT2D eigenvalue weighted by Gasteiger charge is 2.30. The molecule has 0 rings (SSSR count). The number of rotatable bonds is 75. The summed E-state index contributed by atoms with van der Waals surface area (Å²) in [5, 5.41) is 10.6. The molecule has 0 radical (unpaired) electrons. The number of aliphatic hydroxyl groups is 1. The number of unbranched alkanes of at least 4 members (excludes halogenated alkanes) is 44. The maximum atomic E-state index is 13.1. The summed E-state index contributed by atoms with van der Waals surface area (Å²) in [7, 11) is -9.90. The molecule has 95 heavy (non-hydrogen) atoms. The molecule has 0 aliphatic rings. The van der Waals surface area contributed by atoms with E-state index in [1.807, 2.05) is 0 Å². The van der Waals surface area contributed by atoms with Gasteiger partial charge in [-0.3, -0.25) is 37.3 Å². The van der Waals surface area contributed by atoms with Crippen molar-refractivity contribution in [2.75, 3.05) is 39.6 Å². The molecule has 3 unspecified atom stereocenters. The number of ether oxygens (including phenoxy) is 4. The van der Waals surface area contributed by atoms with Crippen LogP contribution in [0.1, 0.15) is 395 Å². The quantitative estimate of drug-likeness (QED) is 0.0222. The maximum Gasteiger partial charge on any atom is 0.472 e. The second-order valence-electron chi connectivity index (χ2n) is 28.1. The van der Waals surface area contributed by atoms with Gasteiger partial charge in [0.2, 0.25) is 0 Å². The van der Waals surface area contributed by atoms with Crippen molar-refractivity contribution in [1.82, 2.24) is 0 Å². The third kappa shape index (κ3) is 69.0. The molecule has 6 atom stereocenters. The van der Waals surface area contributed by atoms with Crippen LogP contribution in [0.15, 0.2) is 0 Å². The number of aliphatic hydroxyl groups excluding tert-OH is 1. The first-order chi connectivity index (χ1) is 45.9. The molecule has 0 amide bonds. The Kier molecular flexibility index (Phi) is 66.5. The second-order valence-corrected chi connectivity index (χ2v) is 31.0. The van der Waals surface area contributed by atoms with Crippen LogP contribution in [0.5, 0.6) is 0 Å². The highest BCUT2D eigenvalue weighted by atomic mass is 31.2. The fraction of sp³-hybridized carbons (Fsp3) is 0.947. The molecule has 0 bridgehead atoms. The first-order valence-electron chi connectivity index (χ1n) is 39.5. The molecule has 19 heteroatoms. The summed E-state index contributed by atoms with van der Waals surface area (Å²) >= 11 is 0. The zero-order chi connectivity index (χ0) is 70.0. The summed E-state index contributed by atoms with van der Waals surface area (Å²) in [6, 6.07) is 0. The number of carbonyl (C=O) groups excluding carboxylic acids is 4. The van der Waals surface area contributed by atoms with Crippen LogP contribution in [0.4, 0.5) is 0 Å². The highest BCUT2D eigenvalue weighted by molar-refractivity contribution is 7.47. The summed E-state index contributed by atoms with van der Waals surface area (Å²) < 4.78 is 68.4. The van der Waals surface area contributed by atoms with Crippen molar-refractivity contribution >= 4 is 39.5 Å². The highest BCUT2D eigenvalue weighted by Crippen LogP contribution is 2.45. The Hall–Kier alpha value is -1.94. The number of phosphoric ester groups is 2. The van der Waals surface area contributed by atoms with Crippen molar-refractivity contribution in [3.8, 4) is 0 Å². The number of carbonyl (C=O) groups is 4. The number of hydrogen-bond donors (Lipinski definition) is 3. The second kappa shape index (κ2) is 67.9. The fourth-order valence-electron chi connectivity index (χ4n) is 11.6. The average molecular weight is 1400 g/mol. The van der Waals surface area contributed by atoms with Crippen molar-refractivity contribution in [3.05, 3.63) is 0 Å². The molecule has 3 N–H and O–H groups in total. The van der Waals surface area contributed by atoms with E-state index in [2.05, 4.69) is 41.5 Å². The number of esters is 4.